The fourth-order valence-corrected chi connectivity index (χ4v) is 4.15. The fraction of sp³-hybridized carbons (Fsp3) is 0.417. The van der Waals surface area contributed by atoms with Crippen LogP contribution in [0.25, 0.3) is 0 Å². The summed E-state index contributed by atoms with van der Waals surface area (Å²) in [6.45, 7) is 6.78. The van der Waals surface area contributed by atoms with Crippen LogP contribution in [0.2, 0.25) is 0 Å². The molecule has 2 amide bonds. The van der Waals surface area contributed by atoms with Gasteiger partial charge in [0.05, 0.1) is 11.9 Å². The molecular formula is C24H32FN3O4S. The Hall–Kier alpha value is -2.94. The highest BCUT2D eigenvalue weighted by Gasteiger charge is 2.31. The van der Waals surface area contributed by atoms with Crippen LogP contribution in [-0.2, 0) is 26.2 Å². The van der Waals surface area contributed by atoms with E-state index in [0.29, 0.717) is 0 Å². The maximum atomic E-state index is 14.4. The fourth-order valence-electron chi connectivity index (χ4n) is 3.30. The second kappa shape index (κ2) is 11.3. The zero-order valence-corrected chi connectivity index (χ0v) is 20.5. The molecule has 2 atom stereocenters. The van der Waals surface area contributed by atoms with Gasteiger partial charge in [0.15, 0.2) is 0 Å². The van der Waals surface area contributed by atoms with Crippen LogP contribution in [0, 0.1) is 12.7 Å². The molecule has 180 valence electrons. The molecule has 0 spiro atoms. The molecule has 2 aromatic rings. The number of para-hydroxylation sites is 1. The number of anilines is 1. The second-order valence-corrected chi connectivity index (χ2v) is 10.1. The van der Waals surface area contributed by atoms with Crippen LogP contribution in [0.4, 0.5) is 10.1 Å². The Bertz CT molecular complexity index is 1090. The first-order valence-corrected chi connectivity index (χ1v) is 12.7. The summed E-state index contributed by atoms with van der Waals surface area (Å²) in [7, 11) is -3.97. The Morgan fingerprint density at radius 3 is 2.33 bits per heavy atom. The Morgan fingerprint density at radius 1 is 1.09 bits per heavy atom. The SMILES string of the molecule is CC[C@H](C)NC(=O)[C@H](C)N(Cc1cccc(C)c1)C(=O)CN(c1ccccc1F)S(C)(=O)=O. The number of hydrogen-bond acceptors (Lipinski definition) is 4. The molecule has 0 fully saturated rings. The number of rotatable bonds is 10. The van der Waals surface area contributed by atoms with Crippen molar-refractivity contribution in [2.24, 2.45) is 0 Å². The molecule has 9 heteroatoms. The van der Waals surface area contributed by atoms with Gasteiger partial charge in [0.25, 0.3) is 0 Å². The second-order valence-electron chi connectivity index (χ2n) is 8.23. The summed E-state index contributed by atoms with van der Waals surface area (Å²) in [5.41, 5.74) is 1.56. The van der Waals surface area contributed by atoms with Crippen LogP contribution in [0.15, 0.2) is 48.5 Å². The van der Waals surface area contributed by atoms with Crippen LogP contribution in [0.5, 0.6) is 0 Å². The minimum absolute atomic E-state index is 0.0817. The van der Waals surface area contributed by atoms with Crippen LogP contribution in [0.1, 0.15) is 38.3 Å². The van der Waals surface area contributed by atoms with Gasteiger partial charge in [-0.2, -0.15) is 0 Å². The molecule has 0 saturated carbocycles. The number of carbonyl (C=O) groups is 2. The summed E-state index contributed by atoms with van der Waals surface area (Å²) >= 11 is 0. The highest BCUT2D eigenvalue weighted by Crippen LogP contribution is 2.22. The third-order valence-electron chi connectivity index (χ3n) is 5.40. The summed E-state index contributed by atoms with van der Waals surface area (Å²) < 4.78 is 40.0. The first-order chi connectivity index (χ1) is 15.4. The number of hydrogen-bond donors (Lipinski definition) is 1. The zero-order chi connectivity index (χ0) is 24.8. The van der Waals surface area contributed by atoms with Crippen molar-refractivity contribution in [2.45, 2.75) is 52.7 Å². The van der Waals surface area contributed by atoms with Gasteiger partial charge in [0.2, 0.25) is 21.8 Å². The zero-order valence-electron chi connectivity index (χ0n) is 19.7. The van der Waals surface area contributed by atoms with Gasteiger partial charge < -0.3 is 10.2 Å². The summed E-state index contributed by atoms with van der Waals surface area (Å²) in [4.78, 5) is 27.5. The van der Waals surface area contributed by atoms with Gasteiger partial charge >= 0.3 is 0 Å². The number of sulfonamides is 1. The lowest BCUT2D eigenvalue weighted by atomic mass is 10.1. The van der Waals surface area contributed by atoms with Crippen molar-refractivity contribution in [1.82, 2.24) is 10.2 Å². The highest BCUT2D eigenvalue weighted by atomic mass is 32.2. The molecule has 0 heterocycles. The average Bonchev–Trinajstić information content (AvgIpc) is 2.75. The Kier molecular flexibility index (Phi) is 8.99. The van der Waals surface area contributed by atoms with Gasteiger partial charge in [0.1, 0.15) is 18.4 Å². The quantitative estimate of drug-likeness (QED) is 0.569. The van der Waals surface area contributed by atoms with E-state index in [9.17, 15) is 22.4 Å². The van der Waals surface area contributed by atoms with Crippen LogP contribution < -0.4 is 9.62 Å². The predicted octanol–water partition coefficient (Wildman–Crippen LogP) is 3.23. The van der Waals surface area contributed by atoms with Gasteiger partial charge in [-0.1, -0.05) is 48.9 Å². The Labute approximate surface area is 195 Å². The summed E-state index contributed by atoms with van der Waals surface area (Å²) in [6.07, 6.45) is 1.64. The van der Waals surface area contributed by atoms with Crippen molar-refractivity contribution in [3.8, 4) is 0 Å². The Morgan fingerprint density at radius 2 is 1.76 bits per heavy atom. The molecule has 0 unspecified atom stereocenters. The molecule has 33 heavy (non-hydrogen) atoms. The van der Waals surface area contributed by atoms with Crippen molar-refractivity contribution in [3.05, 3.63) is 65.5 Å². The van der Waals surface area contributed by atoms with E-state index in [0.717, 1.165) is 34.2 Å². The number of amides is 2. The Balaban J connectivity index is 2.40. The van der Waals surface area contributed by atoms with E-state index < -0.39 is 34.3 Å². The molecule has 1 N–H and O–H groups in total. The number of aryl methyl sites for hydroxylation is 1. The van der Waals surface area contributed by atoms with Crippen LogP contribution in [-0.4, -0.2) is 50.0 Å². The van der Waals surface area contributed by atoms with E-state index in [2.05, 4.69) is 5.32 Å². The van der Waals surface area contributed by atoms with E-state index >= 15 is 0 Å². The number of nitrogens with one attached hydrogen (secondary N) is 1. The smallest absolute Gasteiger partial charge is 0.244 e. The number of nitrogens with zero attached hydrogens (tertiary/aromatic N) is 2. The van der Waals surface area contributed by atoms with Crippen molar-refractivity contribution in [2.75, 3.05) is 17.1 Å². The summed E-state index contributed by atoms with van der Waals surface area (Å²) in [6, 6.07) is 11.9. The number of carbonyl (C=O) groups excluding carboxylic acids is 2. The van der Waals surface area contributed by atoms with Crippen LogP contribution >= 0.6 is 0 Å². The molecule has 0 radical (unpaired) electrons. The summed E-state index contributed by atoms with van der Waals surface area (Å²) in [5.74, 6) is -1.72. The molecular weight excluding hydrogens is 445 g/mol. The summed E-state index contributed by atoms with van der Waals surface area (Å²) in [5, 5.41) is 2.86. The van der Waals surface area contributed by atoms with Crippen molar-refractivity contribution >= 4 is 27.5 Å². The third-order valence-corrected chi connectivity index (χ3v) is 6.53. The third kappa shape index (κ3) is 7.28. The van der Waals surface area contributed by atoms with Gasteiger partial charge in [-0.05, 0) is 44.9 Å². The molecule has 2 rings (SSSR count). The molecule has 0 aliphatic carbocycles. The van der Waals surface area contributed by atoms with E-state index in [1.54, 1.807) is 6.92 Å². The van der Waals surface area contributed by atoms with Crippen molar-refractivity contribution in [1.29, 1.82) is 0 Å². The van der Waals surface area contributed by atoms with E-state index in [4.69, 9.17) is 0 Å². The van der Waals surface area contributed by atoms with Gasteiger partial charge in [-0.3, -0.25) is 13.9 Å². The predicted molar refractivity (Wildman–Crippen MR) is 128 cm³/mol. The standard InChI is InChI=1S/C24H32FN3O4S/c1-6-18(3)26-24(30)19(4)27(15-20-11-9-10-17(2)14-20)23(29)16-28(33(5,31)32)22-13-8-7-12-21(22)25/h7-14,18-19H,6,15-16H2,1-5H3,(H,26,30)/t18-,19-/m0/s1. The largest absolute Gasteiger partial charge is 0.352 e. The minimum Gasteiger partial charge on any atom is -0.352 e. The molecule has 0 bridgehead atoms. The first kappa shape index (κ1) is 26.3. The van der Waals surface area contributed by atoms with Crippen molar-refractivity contribution in [3.63, 3.8) is 0 Å². The van der Waals surface area contributed by atoms with E-state index in [1.165, 1.54) is 23.1 Å². The topological polar surface area (TPSA) is 86.8 Å². The van der Waals surface area contributed by atoms with Gasteiger partial charge in [0, 0.05) is 12.6 Å². The normalized spacial score (nSPS) is 13.2. The molecule has 0 aliphatic rings. The molecule has 0 aliphatic heterocycles. The first-order valence-electron chi connectivity index (χ1n) is 10.8. The average molecular weight is 478 g/mol. The number of benzene rings is 2. The number of halogens is 1. The van der Waals surface area contributed by atoms with Gasteiger partial charge in [-0.25, -0.2) is 12.8 Å². The van der Waals surface area contributed by atoms with Crippen molar-refractivity contribution < 1.29 is 22.4 Å². The molecule has 0 saturated heterocycles. The van der Waals surface area contributed by atoms with E-state index in [1.807, 2.05) is 45.0 Å². The molecule has 2 aromatic carbocycles. The highest BCUT2D eigenvalue weighted by molar-refractivity contribution is 7.92. The maximum absolute atomic E-state index is 14.4. The minimum atomic E-state index is -3.97. The lowest BCUT2D eigenvalue weighted by Crippen LogP contribution is -2.52. The van der Waals surface area contributed by atoms with E-state index in [-0.39, 0.29) is 24.2 Å². The van der Waals surface area contributed by atoms with Gasteiger partial charge in [-0.15, -0.1) is 0 Å². The monoisotopic (exact) mass is 477 g/mol. The lowest BCUT2D eigenvalue weighted by molar-refractivity contribution is -0.139. The lowest BCUT2D eigenvalue weighted by Gasteiger charge is -2.32. The molecule has 7 nitrogen and oxygen atoms in total. The van der Waals surface area contributed by atoms with Crippen LogP contribution in [0.3, 0.4) is 0 Å². The molecule has 0 aromatic heterocycles. The maximum Gasteiger partial charge on any atom is 0.244 e.